The minimum absolute atomic E-state index is 0.0737. The highest BCUT2D eigenvalue weighted by atomic mass is 16.5. The molecule has 8 nitrogen and oxygen atoms in total. The van der Waals surface area contributed by atoms with Gasteiger partial charge in [0.05, 0.1) is 7.11 Å². The van der Waals surface area contributed by atoms with E-state index in [9.17, 15) is 9.59 Å². The predicted molar refractivity (Wildman–Crippen MR) is 122 cm³/mol. The third-order valence-electron chi connectivity index (χ3n) is 5.88. The molecule has 4 N–H and O–H groups in total. The van der Waals surface area contributed by atoms with Crippen molar-refractivity contribution in [2.24, 2.45) is 5.73 Å². The number of benzene rings is 2. The summed E-state index contributed by atoms with van der Waals surface area (Å²) in [4.78, 5) is 28.8. The van der Waals surface area contributed by atoms with Gasteiger partial charge < -0.3 is 30.4 Å². The lowest BCUT2D eigenvalue weighted by Crippen LogP contribution is -2.43. The average Bonchev–Trinajstić information content (AvgIpc) is 3.25. The minimum atomic E-state index is -0.558. The lowest BCUT2D eigenvalue weighted by atomic mass is 9.89. The van der Waals surface area contributed by atoms with E-state index < -0.39 is 5.91 Å². The molecule has 1 aromatic heterocycles. The Kier molecular flexibility index (Phi) is 6.49. The molecular formula is C24H28N4O4. The molecule has 0 bridgehead atoms. The molecule has 0 aliphatic carbocycles. The molecule has 3 aromatic rings. The van der Waals surface area contributed by atoms with Crippen LogP contribution >= 0.6 is 0 Å². The number of rotatable bonds is 7. The molecule has 168 valence electrons. The summed E-state index contributed by atoms with van der Waals surface area (Å²) in [5.41, 5.74) is 8.48. The number of hydrogen-bond donors (Lipinski definition) is 3. The fourth-order valence-electron chi connectivity index (χ4n) is 4.20. The van der Waals surface area contributed by atoms with E-state index in [4.69, 9.17) is 15.2 Å². The van der Waals surface area contributed by atoms with Gasteiger partial charge in [0.25, 0.3) is 5.91 Å². The topological polar surface area (TPSA) is 110 Å². The molecule has 0 spiro atoms. The number of amides is 3. The summed E-state index contributed by atoms with van der Waals surface area (Å²) in [6.45, 7) is 1.59. The first kappa shape index (κ1) is 21.5. The lowest BCUT2D eigenvalue weighted by Gasteiger charge is -2.32. The number of nitrogens with two attached hydrogens (primary N) is 1. The number of nitrogens with zero attached hydrogens (tertiary/aromatic N) is 1. The normalized spacial score (nSPS) is 14.3. The van der Waals surface area contributed by atoms with Gasteiger partial charge in [0.2, 0.25) is 0 Å². The molecule has 0 atom stereocenters. The number of hydrogen-bond acceptors (Lipinski definition) is 4. The second kappa shape index (κ2) is 9.64. The van der Waals surface area contributed by atoms with Crippen molar-refractivity contribution in [2.45, 2.75) is 25.3 Å². The molecule has 0 radical (unpaired) electrons. The molecule has 1 aliphatic heterocycles. The number of aromatic amines is 1. The van der Waals surface area contributed by atoms with Gasteiger partial charge in [-0.15, -0.1) is 0 Å². The highest BCUT2D eigenvalue weighted by Crippen LogP contribution is 2.33. The van der Waals surface area contributed by atoms with Crippen molar-refractivity contribution in [3.05, 3.63) is 59.8 Å². The quantitative estimate of drug-likeness (QED) is 0.529. The number of H-pyrrole nitrogens is 1. The maximum Gasteiger partial charge on any atom is 0.317 e. The van der Waals surface area contributed by atoms with Crippen LogP contribution in [0.2, 0.25) is 0 Å². The summed E-state index contributed by atoms with van der Waals surface area (Å²) < 4.78 is 10.7. The third kappa shape index (κ3) is 4.80. The number of carbonyl (C=O) groups is 2. The molecule has 8 heteroatoms. The van der Waals surface area contributed by atoms with Crippen molar-refractivity contribution in [1.29, 1.82) is 0 Å². The third-order valence-corrected chi connectivity index (χ3v) is 5.88. The summed E-state index contributed by atoms with van der Waals surface area (Å²) in [6, 6.07) is 13.6. The Balaban J connectivity index is 1.30. The number of aromatic nitrogens is 1. The number of para-hydroxylation sites is 1. The van der Waals surface area contributed by atoms with Crippen molar-refractivity contribution < 1.29 is 19.1 Å². The molecule has 4 rings (SSSR count). The molecule has 1 saturated heterocycles. The number of nitrogens with one attached hydrogen (secondary N) is 2. The lowest BCUT2D eigenvalue weighted by molar-refractivity contribution is -0.119. The van der Waals surface area contributed by atoms with E-state index in [-0.39, 0.29) is 12.6 Å². The second-order valence-electron chi connectivity index (χ2n) is 7.95. The van der Waals surface area contributed by atoms with E-state index in [1.165, 1.54) is 18.1 Å². The summed E-state index contributed by atoms with van der Waals surface area (Å²) in [7, 11) is 1.52. The number of primary amides is 1. The Hall–Kier alpha value is -3.68. The fourth-order valence-corrected chi connectivity index (χ4v) is 4.20. The van der Waals surface area contributed by atoms with Gasteiger partial charge in [0.1, 0.15) is 0 Å². The van der Waals surface area contributed by atoms with Crippen LogP contribution < -0.4 is 20.5 Å². The molecule has 0 saturated carbocycles. The standard InChI is InChI=1S/C24H28N4O4/c1-31-22-12-16(6-7-21(22)32-15-23(25)29)13-27-24(30)28-10-8-17(9-11-28)19-14-26-20-5-3-2-4-18(19)20/h2-7,12,14,17,26H,8-11,13,15H2,1H3,(H2,25,29)(H,27,30). The van der Waals surface area contributed by atoms with Crippen LogP contribution in [-0.2, 0) is 11.3 Å². The Labute approximate surface area is 186 Å². The summed E-state index contributed by atoms with van der Waals surface area (Å²) >= 11 is 0. The van der Waals surface area contributed by atoms with Gasteiger partial charge in [0.15, 0.2) is 18.1 Å². The number of ether oxygens (including phenoxy) is 2. The predicted octanol–water partition coefficient (Wildman–Crippen LogP) is 3.13. The summed E-state index contributed by atoms with van der Waals surface area (Å²) in [5.74, 6) is 0.808. The van der Waals surface area contributed by atoms with Gasteiger partial charge in [-0.05, 0) is 48.1 Å². The number of urea groups is 1. The van der Waals surface area contributed by atoms with Crippen molar-refractivity contribution in [1.82, 2.24) is 15.2 Å². The second-order valence-corrected chi connectivity index (χ2v) is 7.95. The van der Waals surface area contributed by atoms with Crippen LogP contribution in [0.3, 0.4) is 0 Å². The van der Waals surface area contributed by atoms with Crippen LogP contribution in [0, 0.1) is 0 Å². The first-order valence-electron chi connectivity index (χ1n) is 10.7. The Morgan fingerprint density at radius 1 is 1.16 bits per heavy atom. The number of methoxy groups -OCH3 is 1. The zero-order chi connectivity index (χ0) is 22.5. The van der Waals surface area contributed by atoms with E-state index in [1.54, 1.807) is 12.1 Å². The Bertz CT molecular complexity index is 1100. The molecule has 2 heterocycles. The first-order valence-corrected chi connectivity index (χ1v) is 10.7. The molecule has 3 amide bonds. The number of piperidine rings is 1. The van der Waals surface area contributed by atoms with Gasteiger partial charge in [-0.1, -0.05) is 24.3 Å². The van der Waals surface area contributed by atoms with E-state index in [0.29, 0.717) is 24.0 Å². The summed E-state index contributed by atoms with van der Waals surface area (Å²) in [5, 5.41) is 4.25. The van der Waals surface area contributed by atoms with Crippen LogP contribution in [0.1, 0.15) is 29.9 Å². The molecule has 2 aromatic carbocycles. The van der Waals surface area contributed by atoms with Crippen LogP contribution in [0.25, 0.3) is 10.9 Å². The zero-order valence-corrected chi connectivity index (χ0v) is 18.1. The van der Waals surface area contributed by atoms with E-state index in [1.807, 2.05) is 17.0 Å². The van der Waals surface area contributed by atoms with Gasteiger partial charge in [0, 0.05) is 36.7 Å². The highest BCUT2D eigenvalue weighted by Gasteiger charge is 2.25. The Morgan fingerprint density at radius 3 is 2.69 bits per heavy atom. The monoisotopic (exact) mass is 436 g/mol. The van der Waals surface area contributed by atoms with Gasteiger partial charge >= 0.3 is 6.03 Å². The van der Waals surface area contributed by atoms with E-state index in [2.05, 4.69) is 34.7 Å². The molecule has 1 aliphatic rings. The van der Waals surface area contributed by atoms with Crippen molar-refractivity contribution in [2.75, 3.05) is 26.8 Å². The van der Waals surface area contributed by atoms with Crippen LogP contribution in [0.4, 0.5) is 4.79 Å². The molecule has 32 heavy (non-hydrogen) atoms. The van der Waals surface area contributed by atoms with E-state index in [0.717, 1.165) is 37.0 Å². The SMILES string of the molecule is COc1cc(CNC(=O)N2CCC(c3c[nH]c4ccccc34)CC2)ccc1OCC(N)=O. The molecule has 1 fully saturated rings. The van der Waals surface area contributed by atoms with Gasteiger partial charge in [-0.3, -0.25) is 4.79 Å². The number of likely N-dealkylation sites (tertiary alicyclic amines) is 1. The van der Waals surface area contributed by atoms with E-state index >= 15 is 0 Å². The maximum atomic E-state index is 12.7. The zero-order valence-electron chi connectivity index (χ0n) is 18.1. The van der Waals surface area contributed by atoms with Gasteiger partial charge in [-0.2, -0.15) is 0 Å². The first-order chi connectivity index (χ1) is 15.5. The minimum Gasteiger partial charge on any atom is -0.493 e. The average molecular weight is 437 g/mol. The smallest absolute Gasteiger partial charge is 0.317 e. The van der Waals surface area contributed by atoms with Crippen LogP contribution in [-0.4, -0.2) is 48.6 Å². The molecular weight excluding hydrogens is 408 g/mol. The maximum absolute atomic E-state index is 12.7. The number of carbonyl (C=O) groups excluding carboxylic acids is 2. The van der Waals surface area contributed by atoms with Gasteiger partial charge in [-0.25, -0.2) is 4.79 Å². The summed E-state index contributed by atoms with van der Waals surface area (Å²) in [6.07, 6.45) is 3.99. The molecule has 0 unspecified atom stereocenters. The fraction of sp³-hybridized carbons (Fsp3) is 0.333. The van der Waals surface area contributed by atoms with Crippen molar-refractivity contribution >= 4 is 22.8 Å². The van der Waals surface area contributed by atoms with Crippen LogP contribution in [0.15, 0.2) is 48.7 Å². The van der Waals surface area contributed by atoms with Crippen molar-refractivity contribution in [3.63, 3.8) is 0 Å². The van der Waals surface area contributed by atoms with Crippen LogP contribution in [0.5, 0.6) is 11.5 Å². The Morgan fingerprint density at radius 2 is 1.94 bits per heavy atom. The van der Waals surface area contributed by atoms with Crippen molar-refractivity contribution in [3.8, 4) is 11.5 Å². The number of fused-ring (bicyclic) bond motifs is 1. The highest BCUT2D eigenvalue weighted by molar-refractivity contribution is 5.83. The largest absolute Gasteiger partial charge is 0.493 e.